The molecule has 2 saturated carbocycles. The van der Waals surface area contributed by atoms with Gasteiger partial charge in [0, 0.05) is 25.2 Å². The van der Waals surface area contributed by atoms with Crippen molar-refractivity contribution in [3.8, 4) is 0 Å². The third kappa shape index (κ3) is 3.23. The standard InChI is InChI=1S/C15H30N2/c1-11(2)9-17(13-5-6-13)10-12-7-8-15(3,4)14(12)16/h11-14H,5-10,16H2,1-4H3. The summed E-state index contributed by atoms with van der Waals surface area (Å²) in [6, 6.07) is 1.28. The molecule has 2 heteroatoms. The lowest BCUT2D eigenvalue weighted by atomic mass is 9.85. The second-order valence-corrected chi connectivity index (χ2v) is 7.39. The van der Waals surface area contributed by atoms with Crippen LogP contribution in [-0.2, 0) is 0 Å². The number of nitrogens with two attached hydrogens (primary N) is 1. The van der Waals surface area contributed by atoms with E-state index in [1.807, 2.05) is 0 Å². The van der Waals surface area contributed by atoms with E-state index in [1.54, 1.807) is 0 Å². The van der Waals surface area contributed by atoms with Gasteiger partial charge >= 0.3 is 0 Å². The Bertz CT molecular complexity index is 256. The van der Waals surface area contributed by atoms with Crippen molar-refractivity contribution in [1.82, 2.24) is 4.90 Å². The molecule has 2 fully saturated rings. The van der Waals surface area contributed by atoms with Crippen LogP contribution in [0.1, 0.15) is 53.4 Å². The topological polar surface area (TPSA) is 29.3 Å². The zero-order chi connectivity index (χ0) is 12.6. The monoisotopic (exact) mass is 238 g/mol. The van der Waals surface area contributed by atoms with Gasteiger partial charge in [0.05, 0.1) is 0 Å². The molecule has 0 heterocycles. The van der Waals surface area contributed by atoms with Gasteiger partial charge in [0.2, 0.25) is 0 Å². The first-order valence-corrected chi connectivity index (χ1v) is 7.40. The lowest BCUT2D eigenvalue weighted by Crippen LogP contribution is -2.43. The first-order chi connectivity index (χ1) is 7.90. The van der Waals surface area contributed by atoms with Gasteiger partial charge in [-0.15, -0.1) is 0 Å². The summed E-state index contributed by atoms with van der Waals surface area (Å²) in [5.41, 5.74) is 6.79. The maximum absolute atomic E-state index is 6.43. The minimum absolute atomic E-state index is 0.359. The smallest absolute Gasteiger partial charge is 0.0131 e. The van der Waals surface area contributed by atoms with Crippen LogP contribution in [0.3, 0.4) is 0 Å². The SMILES string of the molecule is CC(C)CN(CC1CCC(C)(C)C1N)C1CC1. The molecule has 2 aliphatic rings. The van der Waals surface area contributed by atoms with Crippen LogP contribution in [-0.4, -0.2) is 30.1 Å². The molecule has 0 aliphatic heterocycles. The molecular weight excluding hydrogens is 208 g/mol. The first kappa shape index (κ1) is 13.4. The van der Waals surface area contributed by atoms with Gasteiger partial charge < -0.3 is 5.73 Å². The molecule has 0 spiro atoms. The van der Waals surface area contributed by atoms with Gasteiger partial charge in [-0.05, 0) is 42.9 Å². The second-order valence-electron chi connectivity index (χ2n) is 7.39. The molecule has 2 nitrogen and oxygen atoms in total. The third-order valence-electron chi connectivity index (χ3n) is 4.70. The van der Waals surface area contributed by atoms with Crippen molar-refractivity contribution in [2.24, 2.45) is 23.0 Å². The number of rotatable bonds is 5. The second kappa shape index (κ2) is 4.89. The highest BCUT2D eigenvalue weighted by Crippen LogP contribution is 2.41. The van der Waals surface area contributed by atoms with Crippen molar-refractivity contribution in [3.05, 3.63) is 0 Å². The van der Waals surface area contributed by atoms with Crippen molar-refractivity contribution in [1.29, 1.82) is 0 Å². The van der Waals surface area contributed by atoms with E-state index in [0.717, 1.165) is 17.9 Å². The van der Waals surface area contributed by atoms with E-state index in [0.29, 0.717) is 11.5 Å². The normalized spacial score (nSPS) is 32.6. The van der Waals surface area contributed by atoms with Crippen molar-refractivity contribution in [3.63, 3.8) is 0 Å². The van der Waals surface area contributed by atoms with Gasteiger partial charge in [0.1, 0.15) is 0 Å². The van der Waals surface area contributed by atoms with E-state index in [4.69, 9.17) is 5.73 Å². The minimum atomic E-state index is 0.359. The van der Waals surface area contributed by atoms with Gasteiger partial charge in [0.25, 0.3) is 0 Å². The molecule has 0 amide bonds. The Morgan fingerprint density at radius 1 is 1.24 bits per heavy atom. The van der Waals surface area contributed by atoms with Gasteiger partial charge in [0.15, 0.2) is 0 Å². The molecule has 2 aliphatic carbocycles. The molecule has 100 valence electrons. The average Bonchev–Trinajstić information content (AvgIpc) is 3.01. The minimum Gasteiger partial charge on any atom is -0.327 e. The predicted molar refractivity (Wildman–Crippen MR) is 73.9 cm³/mol. The summed E-state index contributed by atoms with van der Waals surface area (Å²) in [7, 11) is 0. The summed E-state index contributed by atoms with van der Waals surface area (Å²) >= 11 is 0. The molecule has 0 bridgehead atoms. The average molecular weight is 238 g/mol. The molecule has 2 unspecified atom stereocenters. The van der Waals surface area contributed by atoms with Crippen molar-refractivity contribution in [2.75, 3.05) is 13.1 Å². The Labute approximate surface area is 107 Å². The molecule has 2 rings (SSSR count). The lowest BCUT2D eigenvalue weighted by molar-refractivity contribution is 0.180. The van der Waals surface area contributed by atoms with Crippen molar-refractivity contribution >= 4 is 0 Å². The number of hydrogen-bond donors (Lipinski definition) is 1. The van der Waals surface area contributed by atoms with Gasteiger partial charge in [-0.2, -0.15) is 0 Å². The molecular formula is C15H30N2. The Morgan fingerprint density at radius 2 is 1.88 bits per heavy atom. The van der Waals surface area contributed by atoms with E-state index in [2.05, 4.69) is 32.6 Å². The van der Waals surface area contributed by atoms with E-state index >= 15 is 0 Å². The maximum atomic E-state index is 6.43. The highest BCUT2D eigenvalue weighted by Gasteiger charge is 2.41. The van der Waals surface area contributed by atoms with Crippen LogP contribution >= 0.6 is 0 Å². The van der Waals surface area contributed by atoms with E-state index in [9.17, 15) is 0 Å². The molecule has 0 aromatic carbocycles. The van der Waals surface area contributed by atoms with E-state index in [-0.39, 0.29) is 0 Å². The van der Waals surface area contributed by atoms with Crippen LogP contribution in [0.25, 0.3) is 0 Å². The van der Waals surface area contributed by atoms with E-state index in [1.165, 1.54) is 38.8 Å². The maximum Gasteiger partial charge on any atom is 0.0131 e. The Balaban J connectivity index is 1.90. The largest absolute Gasteiger partial charge is 0.327 e. The zero-order valence-corrected chi connectivity index (χ0v) is 12.1. The fraction of sp³-hybridized carbons (Fsp3) is 1.00. The Hall–Kier alpha value is -0.0800. The van der Waals surface area contributed by atoms with Crippen LogP contribution in [0, 0.1) is 17.3 Å². The molecule has 17 heavy (non-hydrogen) atoms. The van der Waals surface area contributed by atoms with Gasteiger partial charge in [-0.3, -0.25) is 4.90 Å². The van der Waals surface area contributed by atoms with Crippen molar-refractivity contribution in [2.45, 2.75) is 65.5 Å². The Morgan fingerprint density at radius 3 is 2.29 bits per heavy atom. The van der Waals surface area contributed by atoms with Crippen LogP contribution < -0.4 is 5.73 Å². The number of nitrogens with zero attached hydrogens (tertiary/aromatic N) is 1. The summed E-state index contributed by atoms with van der Waals surface area (Å²) in [4.78, 5) is 2.72. The van der Waals surface area contributed by atoms with Crippen LogP contribution in [0.2, 0.25) is 0 Å². The quantitative estimate of drug-likeness (QED) is 0.798. The predicted octanol–water partition coefficient (Wildman–Crippen LogP) is 2.87. The summed E-state index contributed by atoms with van der Waals surface area (Å²) in [6.45, 7) is 11.8. The highest BCUT2D eigenvalue weighted by molar-refractivity contribution is 4.97. The van der Waals surface area contributed by atoms with Crippen LogP contribution in [0.15, 0.2) is 0 Å². The molecule has 0 saturated heterocycles. The summed E-state index contributed by atoms with van der Waals surface area (Å²) < 4.78 is 0. The summed E-state index contributed by atoms with van der Waals surface area (Å²) in [5.74, 6) is 1.51. The third-order valence-corrected chi connectivity index (χ3v) is 4.70. The van der Waals surface area contributed by atoms with Crippen LogP contribution in [0.4, 0.5) is 0 Å². The van der Waals surface area contributed by atoms with Gasteiger partial charge in [-0.25, -0.2) is 0 Å². The molecule has 0 aromatic rings. The highest BCUT2D eigenvalue weighted by atomic mass is 15.2. The Kier molecular flexibility index (Phi) is 3.84. The lowest BCUT2D eigenvalue weighted by Gasteiger charge is -2.32. The molecule has 2 N–H and O–H groups in total. The zero-order valence-electron chi connectivity index (χ0n) is 12.1. The summed E-state index contributed by atoms with van der Waals surface area (Å²) in [6.07, 6.45) is 5.46. The molecule has 0 aromatic heterocycles. The van der Waals surface area contributed by atoms with Gasteiger partial charge in [-0.1, -0.05) is 27.7 Å². The fourth-order valence-corrected chi connectivity index (χ4v) is 3.33. The molecule has 0 radical (unpaired) electrons. The first-order valence-electron chi connectivity index (χ1n) is 7.40. The molecule has 2 atom stereocenters. The fourth-order valence-electron chi connectivity index (χ4n) is 3.33. The van der Waals surface area contributed by atoms with Crippen LogP contribution in [0.5, 0.6) is 0 Å². The van der Waals surface area contributed by atoms with E-state index < -0.39 is 0 Å². The van der Waals surface area contributed by atoms with Crippen molar-refractivity contribution < 1.29 is 0 Å². The summed E-state index contributed by atoms with van der Waals surface area (Å²) in [5, 5.41) is 0. The number of hydrogen-bond acceptors (Lipinski definition) is 2.